The quantitative estimate of drug-likeness (QED) is 0.423. The van der Waals surface area contributed by atoms with Crippen LogP contribution < -0.4 is 0 Å². The molecular formula is C11H12ClNO. The van der Waals surface area contributed by atoms with E-state index in [1.165, 1.54) is 6.20 Å². The van der Waals surface area contributed by atoms with Gasteiger partial charge in [-0.2, -0.15) is 0 Å². The number of aromatic nitrogens is 1. The molecule has 0 atom stereocenters. The standard InChI is InChI=1S/C11H12ClNO/c1-2-3-4-5-11(14)9-6-7-13-8-10(9)12/h2,6-8H,1,3-5H2. The number of carbonyl (C=O) groups is 1. The summed E-state index contributed by atoms with van der Waals surface area (Å²) in [6, 6.07) is 1.65. The summed E-state index contributed by atoms with van der Waals surface area (Å²) in [5.41, 5.74) is 0.561. The fourth-order valence-electron chi connectivity index (χ4n) is 1.14. The molecular weight excluding hydrogens is 198 g/mol. The van der Waals surface area contributed by atoms with E-state index >= 15 is 0 Å². The third-order valence-electron chi connectivity index (χ3n) is 1.88. The molecule has 0 saturated carbocycles. The summed E-state index contributed by atoms with van der Waals surface area (Å²) in [4.78, 5) is 15.4. The van der Waals surface area contributed by atoms with Gasteiger partial charge in [0.1, 0.15) is 0 Å². The maximum Gasteiger partial charge on any atom is 0.164 e. The van der Waals surface area contributed by atoms with E-state index in [2.05, 4.69) is 11.6 Å². The van der Waals surface area contributed by atoms with Crippen LogP contribution >= 0.6 is 11.6 Å². The molecule has 0 N–H and O–H groups in total. The molecule has 0 amide bonds. The largest absolute Gasteiger partial charge is 0.294 e. The van der Waals surface area contributed by atoms with Crippen LogP contribution in [0, 0.1) is 0 Å². The second-order valence-corrected chi connectivity index (χ2v) is 3.37. The van der Waals surface area contributed by atoms with Crippen molar-refractivity contribution in [3.05, 3.63) is 41.7 Å². The number of carbonyl (C=O) groups excluding carboxylic acids is 1. The van der Waals surface area contributed by atoms with Crippen LogP contribution in [0.1, 0.15) is 29.6 Å². The molecule has 0 radical (unpaired) electrons. The van der Waals surface area contributed by atoms with Gasteiger partial charge in [-0.3, -0.25) is 9.78 Å². The van der Waals surface area contributed by atoms with E-state index in [0.29, 0.717) is 17.0 Å². The minimum absolute atomic E-state index is 0.0688. The molecule has 0 aliphatic carbocycles. The Kier molecular flexibility index (Phi) is 4.33. The van der Waals surface area contributed by atoms with Crippen molar-refractivity contribution in [2.45, 2.75) is 19.3 Å². The molecule has 0 aliphatic heterocycles. The highest BCUT2D eigenvalue weighted by Gasteiger charge is 2.08. The summed E-state index contributed by atoms with van der Waals surface area (Å²) < 4.78 is 0. The van der Waals surface area contributed by atoms with Crippen molar-refractivity contribution in [3.63, 3.8) is 0 Å². The number of rotatable bonds is 5. The molecule has 1 heterocycles. The first-order chi connectivity index (χ1) is 6.75. The fraction of sp³-hybridized carbons (Fsp3) is 0.273. The van der Waals surface area contributed by atoms with E-state index in [9.17, 15) is 4.79 Å². The van der Waals surface area contributed by atoms with Gasteiger partial charge in [0, 0.05) is 24.4 Å². The molecule has 3 heteroatoms. The normalized spacial score (nSPS) is 9.79. The fourth-order valence-corrected chi connectivity index (χ4v) is 1.37. The first kappa shape index (κ1) is 10.9. The van der Waals surface area contributed by atoms with Crippen molar-refractivity contribution in [2.75, 3.05) is 0 Å². The molecule has 0 saturated heterocycles. The number of unbranched alkanes of at least 4 members (excludes halogenated alkanes) is 1. The van der Waals surface area contributed by atoms with Gasteiger partial charge in [0.05, 0.1) is 5.02 Å². The average molecular weight is 210 g/mol. The predicted molar refractivity (Wildman–Crippen MR) is 57.6 cm³/mol. The summed E-state index contributed by atoms with van der Waals surface area (Å²) in [7, 11) is 0. The number of allylic oxidation sites excluding steroid dienone is 1. The maximum absolute atomic E-state index is 11.6. The van der Waals surface area contributed by atoms with Crippen LogP contribution in [-0.4, -0.2) is 10.8 Å². The second kappa shape index (κ2) is 5.55. The Balaban J connectivity index is 2.60. The zero-order valence-corrected chi connectivity index (χ0v) is 8.63. The van der Waals surface area contributed by atoms with Gasteiger partial charge in [0.2, 0.25) is 0 Å². The van der Waals surface area contributed by atoms with Crippen molar-refractivity contribution in [1.82, 2.24) is 4.98 Å². The van der Waals surface area contributed by atoms with Crippen molar-refractivity contribution < 1.29 is 4.79 Å². The Morgan fingerprint density at radius 1 is 1.64 bits per heavy atom. The van der Waals surface area contributed by atoms with Crippen LogP contribution in [0.5, 0.6) is 0 Å². The highest BCUT2D eigenvalue weighted by atomic mass is 35.5. The van der Waals surface area contributed by atoms with Gasteiger partial charge in [-0.15, -0.1) is 6.58 Å². The van der Waals surface area contributed by atoms with Gasteiger partial charge in [0.25, 0.3) is 0 Å². The van der Waals surface area contributed by atoms with Crippen LogP contribution in [-0.2, 0) is 0 Å². The van der Waals surface area contributed by atoms with Gasteiger partial charge >= 0.3 is 0 Å². The summed E-state index contributed by atoms with van der Waals surface area (Å²) in [5, 5.41) is 0.427. The van der Waals surface area contributed by atoms with E-state index in [4.69, 9.17) is 11.6 Å². The number of nitrogens with zero attached hydrogens (tertiary/aromatic N) is 1. The average Bonchev–Trinajstić information content (AvgIpc) is 2.18. The summed E-state index contributed by atoms with van der Waals surface area (Å²) in [5.74, 6) is 0.0688. The van der Waals surface area contributed by atoms with Gasteiger partial charge in [-0.25, -0.2) is 0 Å². The minimum Gasteiger partial charge on any atom is -0.294 e. The third kappa shape index (κ3) is 2.96. The van der Waals surface area contributed by atoms with Crippen molar-refractivity contribution >= 4 is 17.4 Å². The number of Topliss-reactive ketones (excluding diaryl/α,β-unsaturated/α-hetero) is 1. The molecule has 0 fully saturated rings. The molecule has 0 aliphatic rings. The van der Waals surface area contributed by atoms with Crippen molar-refractivity contribution in [2.24, 2.45) is 0 Å². The highest BCUT2D eigenvalue weighted by molar-refractivity contribution is 6.33. The van der Waals surface area contributed by atoms with E-state index in [1.54, 1.807) is 18.3 Å². The Hall–Kier alpha value is -1.15. The van der Waals surface area contributed by atoms with Crippen LogP contribution in [0.15, 0.2) is 31.1 Å². The number of ketones is 1. The minimum atomic E-state index is 0.0688. The maximum atomic E-state index is 11.6. The van der Waals surface area contributed by atoms with Gasteiger partial charge in [-0.05, 0) is 18.9 Å². The molecule has 1 aromatic heterocycles. The lowest BCUT2D eigenvalue weighted by atomic mass is 10.1. The van der Waals surface area contributed by atoms with E-state index in [0.717, 1.165) is 12.8 Å². The van der Waals surface area contributed by atoms with Gasteiger partial charge in [-0.1, -0.05) is 17.7 Å². The Morgan fingerprint density at radius 2 is 2.43 bits per heavy atom. The Bertz CT molecular complexity index is 336. The predicted octanol–water partition coefficient (Wildman–Crippen LogP) is 3.27. The highest BCUT2D eigenvalue weighted by Crippen LogP contribution is 2.16. The monoisotopic (exact) mass is 209 g/mol. The lowest BCUT2D eigenvalue weighted by Gasteiger charge is -2.01. The zero-order chi connectivity index (χ0) is 10.4. The first-order valence-electron chi connectivity index (χ1n) is 4.49. The van der Waals surface area contributed by atoms with Crippen LogP contribution in [0.2, 0.25) is 5.02 Å². The van der Waals surface area contributed by atoms with E-state index < -0.39 is 0 Å². The molecule has 2 nitrogen and oxygen atoms in total. The summed E-state index contributed by atoms with van der Waals surface area (Å²) in [6.45, 7) is 3.60. The summed E-state index contributed by atoms with van der Waals surface area (Å²) in [6.07, 6.45) is 7.06. The number of halogens is 1. The second-order valence-electron chi connectivity index (χ2n) is 2.96. The molecule has 0 aromatic carbocycles. The molecule has 74 valence electrons. The number of hydrogen-bond donors (Lipinski definition) is 0. The zero-order valence-electron chi connectivity index (χ0n) is 7.87. The van der Waals surface area contributed by atoms with Crippen molar-refractivity contribution in [1.29, 1.82) is 0 Å². The van der Waals surface area contributed by atoms with Crippen LogP contribution in [0.4, 0.5) is 0 Å². The lowest BCUT2D eigenvalue weighted by Crippen LogP contribution is -1.99. The van der Waals surface area contributed by atoms with Gasteiger partial charge in [0.15, 0.2) is 5.78 Å². The molecule has 0 spiro atoms. The molecule has 1 aromatic rings. The van der Waals surface area contributed by atoms with Gasteiger partial charge < -0.3 is 0 Å². The molecule has 14 heavy (non-hydrogen) atoms. The van der Waals surface area contributed by atoms with E-state index in [1.807, 2.05) is 0 Å². The SMILES string of the molecule is C=CCCCC(=O)c1ccncc1Cl. The molecule has 0 bridgehead atoms. The number of hydrogen-bond acceptors (Lipinski definition) is 2. The smallest absolute Gasteiger partial charge is 0.164 e. The van der Waals surface area contributed by atoms with Crippen molar-refractivity contribution in [3.8, 4) is 0 Å². The first-order valence-corrected chi connectivity index (χ1v) is 4.87. The van der Waals surface area contributed by atoms with Crippen LogP contribution in [0.25, 0.3) is 0 Å². The van der Waals surface area contributed by atoms with E-state index in [-0.39, 0.29) is 5.78 Å². The van der Waals surface area contributed by atoms with Crippen LogP contribution in [0.3, 0.4) is 0 Å². The lowest BCUT2D eigenvalue weighted by molar-refractivity contribution is 0.0980. The molecule has 0 unspecified atom stereocenters. The number of pyridine rings is 1. The Morgan fingerprint density at radius 3 is 3.07 bits per heavy atom. The summed E-state index contributed by atoms with van der Waals surface area (Å²) >= 11 is 5.83. The topological polar surface area (TPSA) is 30.0 Å². The molecule has 1 rings (SSSR count). The Labute approximate surface area is 88.6 Å². The third-order valence-corrected chi connectivity index (χ3v) is 2.19.